The van der Waals surface area contributed by atoms with Crippen molar-refractivity contribution in [1.82, 2.24) is 0 Å². The summed E-state index contributed by atoms with van der Waals surface area (Å²) in [6.45, 7) is 16.0. The SMILES string of the molecule is CB(OC(C)(C)C(C)(C)C)c1ccc(P)c(OC(F)(F)F)c1.CCCC. The number of benzene rings is 1. The van der Waals surface area contributed by atoms with Gasteiger partial charge in [-0.25, -0.2) is 0 Å². The normalized spacial score (nSPS) is 12.3. The molecule has 0 aliphatic rings. The van der Waals surface area contributed by atoms with E-state index in [-0.39, 0.29) is 18.1 Å². The Labute approximate surface area is 159 Å². The van der Waals surface area contributed by atoms with Crippen LogP contribution in [0.25, 0.3) is 0 Å². The van der Waals surface area contributed by atoms with Gasteiger partial charge < -0.3 is 9.39 Å². The Morgan fingerprint density at radius 3 is 1.88 bits per heavy atom. The van der Waals surface area contributed by atoms with Gasteiger partial charge >= 0.3 is 13.3 Å². The first-order valence-corrected chi connectivity index (χ1v) is 9.55. The van der Waals surface area contributed by atoms with Gasteiger partial charge in [0.25, 0.3) is 0 Å². The smallest absolute Gasteiger partial charge is 0.426 e. The number of halogens is 3. The summed E-state index contributed by atoms with van der Waals surface area (Å²) in [4.78, 5) is 0. The highest BCUT2D eigenvalue weighted by molar-refractivity contribution is 7.27. The molecule has 0 aliphatic heterocycles. The van der Waals surface area contributed by atoms with Crippen LogP contribution in [-0.4, -0.2) is 18.9 Å². The topological polar surface area (TPSA) is 18.5 Å². The van der Waals surface area contributed by atoms with Crippen molar-refractivity contribution < 1.29 is 22.6 Å². The van der Waals surface area contributed by atoms with Crippen LogP contribution in [0.15, 0.2) is 18.2 Å². The summed E-state index contributed by atoms with van der Waals surface area (Å²) in [5.74, 6) is -0.223. The van der Waals surface area contributed by atoms with Crippen LogP contribution in [0.1, 0.15) is 61.3 Å². The van der Waals surface area contributed by atoms with Crippen molar-refractivity contribution in [3.05, 3.63) is 18.2 Å². The van der Waals surface area contributed by atoms with Crippen molar-refractivity contribution in [3.8, 4) is 5.75 Å². The molecule has 7 heteroatoms. The number of unbranched alkanes of at least 4 members (excludes halogenated alkanes) is 1. The van der Waals surface area contributed by atoms with Crippen LogP contribution in [0.4, 0.5) is 13.2 Å². The maximum atomic E-state index is 12.4. The van der Waals surface area contributed by atoms with Gasteiger partial charge in [-0.3, -0.25) is 0 Å². The minimum atomic E-state index is -4.71. The fourth-order valence-electron chi connectivity index (χ4n) is 1.70. The van der Waals surface area contributed by atoms with Crippen LogP contribution >= 0.6 is 9.24 Å². The lowest BCUT2D eigenvalue weighted by Crippen LogP contribution is -2.47. The van der Waals surface area contributed by atoms with Gasteiger partial charge in [0.05, 0.1) is 5.60 Å². The van der Waals surface area contributed by atoms with Gasteiger partial charge in [0.2, 0.25) is 0 Å². The van der Waals surface area contributed by atoms with E-state index in [2.05, 4.69) is 48.6 Å². The van der Waals surface area contributed by atoms with Crippen molar-refractivity contribution in [2.45, 2.75) is 80.1 Å². The number of hydrogen-bond acceptors (Lipinski definition) is 2. The summed E-state index contributed by atoms with van der Waals surface area (Å²) in [6.07, 6.45) is -2.07. The lowest BCUT2D eigenvalue weighted by molar-refractivity contribution is -0.274. The third kappa shape index (κ3) is 8.77. The molecule has 0 bridgehead atoms. The molecule has 0 aromatic heterocycles. The Hall–Kier alpha value is -0.735. The lowest BCUT2D eigenvalue weighted by Gasteiger charge is -2.40. The van der Waals surface area contributed by atoms with Crippen LogP contribution < -0.4 is 15.5 Å². The van der Waals surface area contributed by atoms with Gasteiger partial charge in [0, 0.05) is 5.30 Å². The monoisotopic (exact) mass is 392 g/mol. The second-order valence-corrected chi connectivity index (χ2v) is 8.49. The number of ether oxygens (including phenoxy) is 1. The largest absolute Gasteiger partial charge is 0.573 e. The second kappa shape index (κ2) is 9.99. The summed E-state index contributed by atoms with van der Waals surface area (Å²) in [5, 5.41) is 0.350. The predicted molar refractivity (Wildman–Crippen MR) is 109 cm³/mol. The molecule has 150 valence electrons. The zero-order valence-corrected chi connectivity index (χ0v) is 18.4. The molecule has 0 heterocycles. The molecule has 1 aromatic carbocycles. The number of rotatable bonds is 5. The van der Waals surface area contributed by atoms with E-state index in [0.29, 0.717) is 10.8 Å². The molecule has 2 nitrogen and oxygen atoms in total. The molecule has 26 heavy (non-hydrogen) atoms. The molecular weight excluding hydrogens is 359 g/mol. The van der Waals surface area contributed by atoms with E-state index in [9.17, 15) is 13.2 Å². The Morgan fingerprint density at radius 2 is 1.50 bits per heavy atom. The summed E-state index contributed by atoms with van der Waals surface area (Å²) < 4.78 is 47.4. The maximum absolute atomic E-state index is 12.4. The molecular formula is C19H33BF3O2P. The first-order chi connectivity index (χ1) is 11.6. The summed E-state index contributed by atoms with van der Waals surface area (Å²) in [5.41, 5.74) is 0.104. The van der Waals surface area contributed by atoms with E-state index in [1.807, 2.05) is 20.7 Å². The van der Waals surface area contributed by atoms with Crippen molar-refractivity contribution in [2.24, 2.45) is 5.41 Å². The van der Waals surface area contributed by atoms with E-state index in [0.717, 1.165) is 0 Å². The van der Waals surface area contributed by atoms with E-state index in [1.54, 1.807) is 12.1 Å². The summed E-state index contributed by atoms with van der Waals surface area (Å²) in [6, 6.07) is 4.69. The quantitative estimate of drug-likeness (QED) is 0.483. The molecule has 1 rings (SSSR count). The van der Waals surface area contributed by atoms with Crippen LogP contribution in [0.2, 0.25) is 6.82 Å². The Balaban J connectivity index is 0.00000141. The Kier molecular flexibility index (Phi) is 9.70. The van der Waals surface area contributed by atoms with Crippen LogP contribution in [-0.2, 0) is 4.65 Å². The van der Waals surface area contributed by atoms with Crippen LogP contribution in [0.5, 0.6) is 5.75 Å². The average molecular weight is 392 g/mol. The zero-order chi connectivity index (χ0) is 20.8. The van der Waals surface area contributed by atoms with Gasteiger partial charge in [-0.15, -0.1) is 22.4 Å². The van der Waals surface area contributed by atoms with Crippen molar-refractivity contribution in [1.29, 1.82) is 0 Å². The zero-order valence-electron chi connectivity index (χ0n) is 17.3. The van der Waals surface area contributed by atoms with E-state index < -0.39 is 12.0 Å². The predicted octanol–water partition coefficient (Wildman–Crippen LogP) is 5.56. The highest BCUT2D eigenvalue weighted by atomic mass is 31.0. The molecule has 1 atom stereocenters. The Bertz CT molecular complexity index is 553. The maximum Gasteiger partial charge on any atom is 0.573 e. The molecule has 0 aliphatic carbocycles. The molecule has 1 unspecified atom stereocenters. The fourth-order valence-corrected chi connectivity index (χ4v) is 1.94. The van der Waals surface area contributed by atoms with Crippen LogP contribution in [0.3, 0.4) is 0 Å². The first-order valence-electron chi connectivity index (χ1n) is 8.97. The molecule has 0 N–H and O–H groups in total. The molecule has 0 radical (unpaired) electrons. The van der Waals surface area contributed by atoms with E-state index in [4.69, 9.17) is 4.65 Å². The van der Waals surface area contributed by atoms with Gasteiger partial charge in [-0.2, -0.15) is 0 Å². The Morgan fingerprint density at radius 1 is 1.00 bits per heavy atom. The first kappa shape index (κ1) is 25.3. The lowest BCUT2D eigenvalue weighted by atomic mass is 9.62. The highest BCUT2D eigenvalue weighted by Gasteiger charge is 2.36. The number of alkyl halides is 3. The molecule has 0 spiro atoms. The summed E-state index contributed by atoms with van der Waals surface area (Å²) in [7, 11) is 2.24. The molecule has 0 amide bonds. The van der Waals surface area contributed by atoms with Gasteiger partial charge in [-0.1, -0.05) is 66.4 Å². The third-order valence-electron chi connectivity index (χ3n) is 4.51. The molecule has 0 saturated carbocycles. The van der Waals surface area contributed by atoms with Gasteiger partial charge in [0.1, 0.15) is 5.75 Å². The fraction of sp³-hybridized carbons (Fsp3) is 0.684. The molecule has 0 fully saturated rings. The summed E-state index contributed by atoms with van der Waals surface area (Å²) >= 11 is 0. The minimum absolute atomic E-state index is 0.104. The minimum Gasteiger partial charge on any atom is -0.426 e. The van der Waals surface area contributed by atoms with Crippen LogP contribution in [0, 0.1) is 5.41 Å². The van der Waals surface area contributed by atoms with E-state index in [1.165, 1.54) is 18.9 Å². The van der Waals surface area contributed by atoms with Gasteiger partial charge in [-0.05, 0) is 30.8 Å². The van der Waals surface area contributed by atoms with E-state index >= 15 is 0 Å². The average Bonchev–Trinajstić information content (AvgIpc) is 2.46. The second-order valence-electron chi connectivity index (χ2n) is 7.87. The standard InChI is InChI=1S/C15H23BF3O2P.C4H10/c1-13(2,3)14(4,5)21-16(6)10-7-8-12(22)11(9-10)20-15(17,18)19;1-3-4-2/h7-9H,22H2,1-6H3;3-4H2,1-2H3. The van der Waals surface area contributed by atoms with Crippen molar-refractivity contribution >= 4 is 26.9 Å². The van der Waals surface area contributed by atoms with Crippen molar-refractivity contribution in [3.63, 3.8) is 0 Å². The number of hydrogen-bond donors (Lipinski definition) is 0. The molecule has 0 saturated heterocycles. The highest BCUT2D eigenvalue weighted by Crippen LogP contribution is 2.33. The van der Waals surface area contributed by atoms with Crippen molar-refractivity contribution in [2.75, 3.05) is 0 Å². The molecule has 1 aromatic rings. The van der Waals surface area contributed by atoms with Gasteiger partial charge in [0.15, 0.2) is 0 Å². The third-order valence-corrected chi connectivity index (χ3v) is 4.99.